The van der Waals surface area contributed by atoms with Gasteiger partial charge in [-0.2, -0.15) is 0 Å². The molecule has 2 fully saturated rings. The van der Waals surface area contributed by atoms with E-state index in [-0.39, 0.29) is 11.3 Å². The molecule has 1 amide bonds. The van der Waals surface area contributed by atoms with E-state index in [1.54, 1.807) is 0 Å². The number of likely N-dealkylation sites (tertiary alicyclic amines) is 1. The third kappa shape index (κ3) is 1.03. The van der Waals surface area contributed by atoms with Crippen LogP contribution in [0.25, 0.3) is 0 Å². The van der Waals surface area contributed by atoms with E-state index in [1.807, 2.05) is 11.9 Å². The highest BCUT2D eigenvalue weighted by Gasteiger charge is 2.44. The summed E-state index contributed by atoms with van der Waals surface area (Å²) in [5, 5.41) is 0. The van der Waals surface area contributed by atoms with E-state index < -0.39 is 0 Å². The minimum absolute atomic E-state index is 0.186. The summed E-state index contributed by atoms with van der Waals surface area (Å²) in [6, 6.07) is 0. The molecule has 2 aliphatic rings. The van der Waals surface area contributed by atoms with Gasteiger partial charge >= 0.3 is 0 Å². The van der Waals surface area contributed by atoms with Crippen LogP contribution in [0.15, 0.2) is 0 Å². The zero-order valence-electron chi connectivity index (χ0n) is 6.80. The van der Waals surface area contributed by atoms with Gasteiger partial charge in [0, 0.05) is 32.0 Å². The van der Waals surface area contributed by atoms with Crippen molar-refractivity contribution in [2.24, 2.45) is 5.41 Å². The molecule has 1 unspecified atom stereocenters. The van der Waals surface area contributed by atoms with Crippen LogP contribution in [0.2, 0.25) is 0 Å². The van der Waals surface area contributed by atoms with Gasteiger partial charge in [-0.25, -0.2) is 0 Å². The van der Waals surface area contributed by atoms with Crippen LogP contribution in [-0.4, -0.2) is 37.6 Å². The molecule has 0 aromatic carbocycles. The van der Waals surface area contributed by atoms with E-state index in [2.05, 4.69) is 0 Å². The summed E-state index contributed by atoms with van der Waals surface area (Å²) in [5.74, 6) is 0.274. The second-order valence-electron chi connectivity index (χ2n) is 3.73. The molecule has 62 valence electrons. The second kappa shape index (κ2) is 2.21. The fourth-order valence-electron chi connectivity index (χ4n) is 2.02. The van der Waals surface area contributed by atoms with Gasteiger partial charge in [0.1, 0.15) is 0 Å². The lowest BCUT2D eigenvalue weighted by molar-refractivity contribution is -0.126. The first-order valence-corrected chi connectivity index (χ1v) is 4.04. The molecule has 3 nitrogen and oxygen atoms in total. The van der Waals surface area contributed by atoms with Crippen LogP contribution >= 0.6 is 0 Å². The molecule has 1 atom stereocenters. The van der Waals surface area contributed by atoms with Crippen LogP contribution in [0.3, 0.4) is 0 Å². The van der Waals surface area contributed by atoms with Crippen molar-refractivity contribution in [3.63, 3.8) is 0 Å². The van der Waals surface area contributed by atoms with Crippen molar-refractivity contribution in [3.8, 4) is 0 Å². The van der Waals surface area contributed by atoms with E-state index in [4.69, 9.17) is 4.74 Å². The first-order valence-electron chi connectivity index (χ1n) is 4.04. The normalized spacial score (nSPS) is 37.5. The SMILES string of the molecule is CN1CC2(CCOC2)CC1=O. The van der Waals surface area contributed by atoms with E-state index in [9.17, 15) is 4.79 Å². The van der Waals surface area contributed by atoms with Gasteiger partial charge in [-0.3, -0.25) is 4.79 Å². The maximum absolute atomic E-state index is 11.2. The Labute approximate surface area is 66.3 Å². The molecular formula is C8H13NO2. The highest BCUT2D eigenvalue weighted by molar-refractivity contribution is 5.79. The van der Waals surface area contributed by atoms with E-state index in [1.165, 1.54) is 0 Å². The molecule has 0 aromatic rings. The Bertz CT molecular complexity index is 185. The van der Waals surface area contributed by atoms with Gasteiger partial charge in [0.25, 0.3) is 0 Å². The lowest BCUT2D eigenvalue weighted by Gasteiger charge is -2.18. The average molecular weight is 155 g/mol. The predicted octanol–water partition coefficient (Wildman–Crippen LogP) is 0.255. The van der Waals surface area contributed by atoms with Crippen molar-refractivity contribution in [2.45, 2.75) is 12.8 Å². The van der Waals surface area contributed by atoms with Crippen LogP contribution in [0.5, 0.6) is 0 Å². The van der Waals surface area contributed by atoms with Gasteiger partial charge in [-0.05, 0) is 6.42 Å². The molecular weight excluding hydrogens is 142 g/mol. The number of carbonyl (C=O) groups is 1. The van der Waals surface area contributed by atoms with E-state index >= 15 is 0 Å². The highest BCUT2D eigenvalue weighted by Crippen LogP contribution is 2.37. The Hall–Kier alpha value is -0.570. The van der Waals surface area contributed by atoms with Crippen molar-refractivity contribution in [3.05, 3.63) is 0 Å². The minimum atomic E-state index is 0.186. The van der Waals surface area contributed by atoms with Crippen LogP contribution in [0.4, 0.5) is 0 Å². The summed E-state index contributed by atoms with van der Waals surface area (Å²) in [6.45, 7) is 2.51. The molecule has 0 aliphatic carbocycles. The summed E-state index contributed by atoms with van der Waals surface area (Å²) < 4.78 is 5.30. The molecule has 0 aromatic heterocycles. The summed E-state index contributed by atoms with van der Waals surface area (Å²) in [7, 11) is 1.87. The zero-order valence-corrected chi connectivity index (χ0v) is 6.80. The lowest BCUT2D eigenvalue weighted by Crippen LogP contribution is -2.25. The average Bonchev–Trinajstić information content (AvgIpc) is 2.46. The van der Waals surface area contributed by atoms with Crippen molar-refractivity contribution in [1.82, 2.24) is 4.90 Å². The number of amides is 1. The third-order valence-corrected chi connectivity index (χ3v) is 2.71. The Kier molecular flexibility index (Phi) is 1.42. The van der Waals surface area contributed by atoms with Crippen molar-refractivity contribution in [1.29, 1.82) is 0 Å². The van der Waals surface area contributed by atoms with Crippen molar-refractivity contribution < 1.29 is 9.53 Å². The minimum Gasteiger partial charge on any atom is -0.381 e. The van der Waals surface area contributed by atoms with Crippen LogP contribution < -0.4 is 0 Å². The molecule has 2 aliphatic heterocycles. The Morgan fingerprint density at radius 3 is 2.91 bits per heavy atom. The van der Waals surface area contributed by atoms with Gasteiger partial charge < -0.3 is 9.64 Å². The van der Waals surface area contributed by atoms with Gasteiger partial charge in [-0.15, -0.1) is 0 Å². The molecule has 0 saturated carbocycles. The second-order valence-corrected chi connectivity index (χ2v) is 3.73. The fourth-order valence-corrected chi connectivity index (χ4v) is 2.02. The third-order valence-electron chi connectivity index (χ3n) is 2.71. The monoisotopic (exact) mass is 155 g/mol. The molecule has 0 radical (unpaired) electrons. The number of nitrogens with zero attached hydrogens (tertiary/aromatic N) is 1. The Morgan fingerprint density at radius 1 is 1.64 bits per heavy atom. The highest BCUT2D eigenvalue weighted by atomic mass is 16.5. The molecule has 3 heteroatoms. The first kappa shape index (κ1) is 7.10. The number of hydrogen-bond donors (Lipinski definition) is 0. The van der Waals surface area contributed by atoms with Gasteiger partial charge in [0.05, 0.1) is 6.61 Å². The number of rotatable bonds is 0. The molecule has 1 spiro atoms. The topological polar surface area (TPSA) is 29.5 Å². The Morgan fingerprint density at radius 2 is 2.45 bits per heavy atom. The predicted molar refractivity (Wildman–Crippen MR) is 40.1 cm³/mol. The van der Waals surface area contributed by atoms with E-state index in [0.717, 1.165) is 26.2 Å². The lowest BCUT2D eigenvalue weighted by atomic mass is 9.87. The van der Waals surface area contributed by atoms with Crippen LogP contribution in [0, 0.1) is 5.41 Å². The van der Waals surface area contributed by atoms with Crippen LogP contribution in [-0.2, 0) is 9.53 Å². The van der Waals surface area contributed by atoms with E-state index in [0.29, 0.717) is 6.42 Å². The summed E-state index contributed by atoms with van der Waals surface area (Å²) in [6.07, 6.45) is 1.76. The molecule has 2 saturated heterocycles. The molecule has 11 heavy (non-hydrogen) atoms. The fraction of sp³-hybridized carbons (Fsp3) is 0.875. The molecule has 0 bridgehead atoms. The maximum Gasteiger partial charge on any atom is 0.223 e. The zero-order chi connectivity index (χ0) is 7.90. The number of ether oxygens (including phenoxy) is 1. The van der Waals surface area contributed by atoms with Gasteiger partial charge in [0.15, 0.2) is 0 Å². The first-order chi connectivity index (χ1) is 5.22. The van der Waals surface area contributed by atoms with Gasteiger partial charge in [-0.1, -0.05) is 0 Å². The van der Waals surface area contributed by atoms with Gasteiger partial charge in [0.2, 0.25) is 5.91 Å². The standard InChI is InChI=1S/C8H13NO2/c1-9-5-8(4-7(9)10)2-3-11-6-8/h2-6H2,1H3. The molecule has 2 rings (SSSR count). The number of carbonyl (C=O) groups excluding carboxylic acids is 1. The molecule has 2 heterocycles. The molecule has 0 N–H and O–H groups in total. The Balaban J connectivity index is 2.12. The summed E-state index contributed by atoms with van der Waals surface area (Å²) in [4.78, 5) is 13.0. The summed E-state index contributed by atoms with van der Waals surface area (Å²) >= 11 is 0. The van der Waals surface area contributed by atoms with Crippen molar-refractivity contribution in [2.75, 3.05) is 26.8 Å². The summed E-state index contributed by atoms with van der Waals surface area (Å²) in [5.41, 5.74) is 0.186. The van der Waals surface area contributed by atoms with Crippen molar-refractivity contribution >= 4 is 5.91 Å². The largest absolute Gasteiger partial charge is 0.381 e. The van der Waals surface area contributed by atoms with Crippen LogP contribution in [0.1, 0.15) is 12.8 Å². The quantitative estimate of drug-likeness (QED) is 0.502. The number of hydrogen-bond acceptors (Lipinski definition) is 2. The maximum atomic E-state index is 11.2. The smallest absolute Gasteiger partial charge is 0.223 e.